The van der Waals surface area contributed by atoms with E-state index >= 15 is 0 Å². The number of para-hydroxylation sites is 1. The van der Waals surface area contributed by atoms with E-state index in [0.29, 0.717) is 23.4 Å². The van der Waals surface area contributed by atoms with Crippen molar-refractivity contribution < 1.29 is 23.3 Å². The zero-order valence-corrected chi connectivity index (χ0v) is 17.8. The van der Waals surface area contributed by atoms with Crippen LogP contribution < -0.4 is 15.8 Å². The van der Waals surface area contributed by atoms with Crippen molar-refractivity contribution in [3.8, 4) is 0 Å². The van der Waals surface area contributed by atoms with Gasteiger partial charge in [0.15, 0.2) is 11.8 Å². The van der Waals surface area contributed by atoms with Crippen molar-refractivity contribution in [2.75, 3.05) is 5.32 Å². The SMILES string of the molecule is CC([NH2+]Cc1ccc(S(N)(=O)=O)cc1)C(=O)Nc1ccccc1C(=O)c1ccccc1. The maximum atomic E-state index is 12.8. The van der Waals surface area contributed by atoms with Gasteiger partial charge in [0, 0.05) is 16.7 Å². The maximum Gasteiger partial charge on any atom is 0.282 e. The Balaban J connectivity index is 1.64. The highest BCUT2D eigenvalue weighted by molar-refractivity contribution is 7.89. The standard InChI is InChI=1S/C23H23N3O4S/c1-16(25-15-17-11-13-19(14-12-17)31(24,29)30)23(28)26-21-10-6-5-9-20(21)22(27)18-7-3-2-4-8-18/h2-14,16,25H,15H2,1H3,(H,26,28)(H2,24,29,30)/p+1. The Labute approximate surface area is 181 Å². The highest BCUT2D eigenvalue weighted by Gasteiger charge is 2.20. The van der Waals surface area contributed by atoms with Gasteiger partial charge in [-0.1, -0.05) is 54.6 Å². The molecule has 0 saturated carbocycles. The van der Waals surface area contributed by atoms with Crippen molar-refractivity contribution in [3.05, 3.63) is 95.6 Å². The topological polar surface area (TPSA) is 123 Å². The number of nitrogens with one attached hydrogen (secondary N) is 1. The second-order valence-corrected chi connectivity index (χ2v) is 8.71. The molecule has 1 unspecified atom stereocenters. The van der Waals surface area contributed by atoms with E-state index in [0.717, 1.165) is 5.56 Å². The smallest absolute Gasteiger partial charge is 0.282 e. The number of hydrogen-bond donors (Lipinski definition) is 3. The van der Waals surface area contributed by atoms with Crippen molar-refractivity contribution in [2.24, 2.45) is 5.14 Å². The lowest BCUT2D eigenvalue weighted by Gasteiger charge is -2.14. The Morgan fingerprint density at radius 1 is 0.935 bits per heavy atom. The van der Waals surface area contributed by atoms with Crippen LogP contribution in [-0.2, 0) is 21.4 Å². The number of nitrogens with two attached hydrogens (primary N) is 2. The predicted octanol–water partition coefficient (Wildman–Crippen LogP) is 1.66. The van der Waals surface area contributed by atoms with Gasteiger partial charge in [0.2, 0.25) is 10.0 Å². The molecule has 0 spiro atoms. The van der Waals surface area contributed by atoms with Gasteiger partial charge < -0.3 is 10.6 Å². The molecule has 3 aromatic carbocycles. The van der Waals surface area contributed by atoms with Gasteiger partial charge >= 0.3 is 0 Å². The van der Waals surface area contributed by atoms with Crippen molar-refractivity contribution in [1.82, 2.24) is 0 Å². The molecule has 1 amide bonds. The van der Waals surface area contributed by atoms with E-state index in [1.54, 1.807) is 67.6 Å². The van der Waals surface area contributed by atoms with Crippen LogP contribution in [0.3, 0.4) is 0 Å². The molecule has 0 aliphatic rings. The predicted molar refractivity (Wildman–Crippen MR) is 118 cm³/mol. The molecule has 0 bridgehead atoms. The molecule has 160 valence electrons. The summed E-state index contributed by atoms with van der Waals surface area (Å²) in [4.78, 5) is 25.5. The molecule has 0 aromatic heterocycles. The minimum Gasteiger partial charge on any atom is -0.333 e. The van der Waals surface area contributed by atoms with Gasteiger partial charge in [0.1, 0.15) is 6.54 Å². The zero-order valence-electron chi connectivity index (χ0n) is 17.0. The zero-order chi connectivity index (χ0) is 22.4. The van der Waals surface area contributed by atoms with Crippen LogP contribution in [0.4, 0.5) is 5.69 Å². The molecule has 0 saturated heterocycles. The molecule has 31 heavy (non-hydrogen) atoms. The summed E-state index contributed by atoms with van der Waals surface area (Å²) in [6.07, 6.45) is 0. The fourth-order valence-corrected chi connectivity index (χ4v) is 3.53. The Morgan fingerprint density at radius 2 is 1.55 bits per heavy atom. The summed E-state index contributed by atoms with van der Waals surface area (Å²) in [6, 6.07) is 21.6. The Hall–Kier alpha value is -3.33. The molecular formula is C23H24N3O4S+. The minimum atomic E-state index is -3.73. The summed E-state index contributed by atoms with van der Waals surface area (Å²) in [5.74, 6) is -0.405. The quantitative estimate of drug-likeness (QED) is 0.463. The van der Waals surface area contributed by atoms with E-state index in [1.807, 2.05) is 11.4 Å². The van der Waals surface area contributed by atoms with Gasteiger partial charge in [-0.05, 0) is 31.2 Å². The van der Waals surface area contributed by atoms with Gasteiger partial charge in [0.25, 0.3) is 5.91 Å². The fourth-order valence-electron chi connectivity index (χ4n) is 3.02. The maximum absolute atomic E-state index is 12.8. The van der Waals surface area contributed by atoms with Crippen molar-refractivity contribution in [1.29, 1.82) is 0 Å². The molecule has 8 heteroatoms. The second-order valence-electron chi connectivity index (χ2n) is 7.15. The highest BCUT2D eigenvalue weighted by atomic mass is 32.2. The van der Waals surface area contributed by atoms with E-state index in [4.69, 9.17) is 5.14 Å². The normalized spacial score (nSPS) is 12.2. The largest absolute Gasteiger partial charge is 0.333 e. The minimum absolute atomic E-state index is 0.0433. The third-order valence-electron chi connectivity index (χ3n) is 4.84. The van der Waals surface area contributed by atoms with Crippen molar-refractivity contribution >= 4 is 27.4 Å². The van der Waals surface area contributed by atoms with Crippen molar-refractivity contribution in [3.63, 3.8) is 0 Å². The fraction of sp³-hybridized carbons (Fsp3) is 0.130. The first-order valence-corrected chi connectivity index (χ1v) is 11.2. The third-order valence-corrected chi connectivity index (χ3v) is 5.77. The van der Waals surface area contributed by atoms with Crippen molar-refractivity contribution in [2.45, 2.75) is 24.4 Å². The van der Waals surface area contributed by atoms with Gasteiger partial charge in [-0.15, -0.1) is 0 Å². The van der Waals surface area contributed by atoms with Crippen LogP contribution in [0.2, 0.25) is 0 Å². The molecule has 0 heterocycles. The van der Waals surface area contributed by atoms with Crippen LogP contribution in [0, 0.1) is 0 Å². The number of sulfonamides is 1. The van der Waals surface area contributed by atoms with Crippen LogP contribution in [0.25, 0.3) is 0 Å². The summed E-state index contributed by atoms with van der Waals surface area (Å²) in [5, 5.41) is 9.76. The molecule has 0 aliphatic carbocycles. The van der Waals surface area contributed by atoms with Crippen LogP contribution in [0.15, 0.2) is 83.8 Å². The summed E-state index contributed by atoms with van der Waals surface area (Å²) in [7, 11) is -3.73. The highest BCUT2D eigenvalue weighted by Crippen LogP contribution is 2.19. The first-order chi connectivity index (χ1) is 14.8. The number of carbonyl (C=O) groups excluding carboxylic acids is 2. The Kier molecular flexibility index (Phi) is 6.96. The van der Waals surface area contributed by atoms with Crippen LogP contribution >= 0.6 is 0 Å². The molecule has 7 nitrogen and oxygen atoms in total. The number of anilines is 1. The van der Waals surface area contributed by atoms with E-state index in [1.165, 1.54) is 12.1 Å². The molecule has 0 aliphatic heterocycles. The van der Waals surface area contributed by atoms with Gasteiger partial charge in [-0.3, -0.25) is 9.59 Å². The van der Waals surface area contributed by atoms with Gasteiger partial charge in [-0.2, -0.15) is 0 Å². The number of amides is 1. The number of benzene rings is 3. The molecular weight excluding hydrogens is 414 g/mol. The van der Waals surface area contributed by atoms with E-state index in [2.05, 4.69) is 5.32 Å². The first kappa shape index (κ1) is 22.4. The number of rotatable bonds is 8. The second kappa shape index (κ2) is 9.65. The third kappa shape index (κ3) is 5.85. The van der Waals surface area contributed by atoms with Gasteiger partial charge in [-0.25, -0.2) is 13.6 Å². The summed E-state index contributed by atoms with van der Waals surface area (Å²) in [6.45, 7) is 2.24. The monoisotopic (exact) mass is 438 g/mol. The molecule has 0 radical (unpaired) electrons. The van der Waals surface area contributed by atoms with E-state index in [-0.39, 0.29) is 16.6 Å². The number of quaternary nitrogens is 1. The number of carbonyl (C=O) groups is 2. The molecule has 5 N–H and O–H groups in total. The number of ketones is 1. The Morgan fingerprint density at radius 3 is 2.19 bits per heavy atom. The lowest BCUT2D eigenvalue weighted by atomic mass is 10.0. The van der Waals surface area contributed by atoms with E-state index in [9.17, 15) is 18.0 Å². The lowest BCUT2D eigenvalue weighted by molar-refractivity contribution is -0.688. The number of hydrogen-bond acceptors (Lipinski definition) is 4. The summed E-state index contributed by atoms with van der Waals surface area (Å²) in [5.41, 5.74) is 2.28. The number of primary sulfonamides is 1. The molecule has 3 rings (SSSR count). The molecule has 1 atom stereocenters. The Bertz CT molecular complexity index is 1180. The summed E-state index contributed by atoms with van der Waals surface area (Å²) < 4.78 is 22.7. The van der Waals surface area contributed by atoms with Gasteiger partial charge in [0.05, 0.1) is 10.6 Å². The average molecular weight is 439 g/mol. The average Bonchev–Trinajstić information content (AvgIpc) is 2.77. The van der Waals surface area contributed by atoms with E-state index < -0.39 is 16.1 Å². The molecule has 3 aromatic rings. The molecule has 0 fully saturated rings. The lowest BCUT2D eigenvalue weighted by Crippen LogP contribution is -2.90. The first-order valence-electron chi connectivity index (χ1n) is 9.70. The van der Waals surface area contributed by atoms with Crippen LogP contribution in [-0.4, -0.2) is 26.2 Å². The van der Waals surface area contributed by atoms with Crippen LogP contribution in [0.1, 0.15) is 28.4 Å². The van der Waals surface area contributed by atoms with Crippen LogP contribution in [0.5, 0.6) is 0 Å². The summed E-state index contributed by atoms with van der Waals surface area (Å²) >= 11 is 0.